The fraction of sp³-hybridized carbons (Fsp3) is 0.938. The monoisotopic (exact) mass is 284 g/mol. The second-order valence-corrected chi connectivity index (χ2v) is 6.48. The van der Waals surface area contributed by atoms with Crippen LogP contribution in [0.25, 0.3) is 0 Å². The number of carbonyl (C=O) groups is 1. The number of nitrogens with one attached hydrogen (secondary N) is 1. The van der Waals surface area contributed by atoms with Crippen LogP contribution in [0.5, 0.6) is 0 Å². The normalized spacial score (nSPS) is 20.9. The molecule has 0 aromatic heterocycles. The summed E-state index contributed by atoms with van der Waals surface area (Å²) in [6.45, 7) is 13.6. The molecule has 1 fully saturated rings. The summed E-state index contributed by atoms with van der Waals surface area (Å²) in [4.78, 5) is 14.7. The largest absolute Gasteiger partial charge is 0.465 e. The first-order valence-corrected chi connectivity index (χ1v) is 8.08. The van der Waals surface area contributed by atoms with Gasteiger partial charge in [-0.3, -0.25) is 10.1 Å². The van der Waals surface area contributed by atoms with Gasteiger partial charge in [0.1, 0.15) is 5.54 Å². The Bertz CT molecular complexity index is 299. The van der Waals surface area contributed by atoms with Crippen LogP contribution in [0, 0.1) is 5.92 Å². The highest BCUT2D eigenvalue weighted by Crippen LogP contribution is 2.22. The van der Waals surface area contributed by atoms with Gasteiger partial charge >= 0.3 is 5.97 Å². The summed E-state index contributed by atoms with van der Waals surface area (Å²) in [5, 5.41) is 3.40. The predicted molar refractivity (Wildman–Crippen MR) is 82.8 cm³/mol. The summed E-state index contributed by atoms with van der Waals surface area (Å²) >= 11 is 0. The molecule has 4 heteroatoms. The first-order valence-electron chi connectivity index (χ1n) is 8.08. The summed E-state index contributed by atoms with van der Waals surface area (Å²) in [6, 6.07) is 0.262. The molecular weight excluding hydrogens is 252 g/mol. The molecule has 1 N–H and O–H groups in total. The van der Waals surface area contributed by atoms with Gasteiger partial charge in [-0.2, -0.15) is 0 Å². The molecule has 0 amide bonds. The Balaban J connectivity index is 2.63. The lowest BCUT2D eigenvalue weighted by Crippen LogP contribution is -2.60. The number of hydrogen-bond acceptors (Lipinski definition) is 4. The lowest BCUT2D eigenvalue weighted by molar-refractivity contribution is -0.151. The first-order chi connectivity index (χ1) is 9.41. The molecule has 1 saturated heterocycles. The Morgan fingerprint density at radius 1 is 1.35 bits per heavy atom. The van der Waals surface area contributed by atoms with Gasteiger partial charge in [-0.15, -0.1) is 0 Å². The molecule has 0 bridgehead atoms. The molecule has 0 aromatic carbocycles. The highest BCUT2D eigenvalue weighted by Gasteiger charge is 2.37. The Morgan fingerprint density at radius 3 is 2.40 bits per heavy atom. The zero-order valence-electron chi connectivity index (χ0n) is 13.9. The molecule has 4 nitrogen and oxygen atoms in total. The van der Waals surface area contributed by atoms with E-state index in [4.69, 9.17) is 4.74 Å². The third-order valence-electron chi connectivity index (χ3n) is 4.16. The van der Waals surface area contributed by atoms with Crippen LogP contribution in [-0.4, -0.2) is 48.7 Å². The van der Waals surface area contributed by atoms with Crippen molar-refractivity contribution >= 4 is 5.97 Å². The highest BCUT2D eigenvalue weighted by molar-refractivity contribution is 5.80. The molecule has 0 saturated carbocycles. The van der Waals surface area contributed by atoms with Crippen LogP contribution in [-0.2, 0) is 9.53 Å². The second kappa shape index (κ2) is 7.99. The lowest BCUT2D eigenvalue weighted by atomic mass is 9.92. The topological polar surface area (TPSA) is 41.6 Å². The molecule has 1 unspecified atom stereocenters. The number of likely N-dealkylation sites (tertiary alicyclic amines) is 1. The third-order valence-corrected chi connectivity index (χ3v) is 4.16. The zero-order valence-corrected chi connectivity index (χ0v) is 13.9. The maximum Gasteiger partial charge on any atom is 0.327 e. The number of nitrogens with zero attached hydrogens (tertiary/aromatic N) is 1. The molecule has 1 rings (SSSR count). The SMILES string of the molecule is CCOC(=O)C(C)(CN1CCC(CC)CC1)NC(C)C. The summed E-state index contributed by atoms with van der Waals surface area (Å²) in [6.07, 6.45) is 3.77. The van der Waals surface area contributed by atoms with Gasteiger partial charge in [0.2, 0.25) is 0 Å². The van der Waals surface area contributed by atoms with E-state index >= 15 is 0 Å². The van der Waals surface area contributed by atoms with E-state index in [1.165, 1.54) is 19.3 Å². The molecular formula is C16H32N2O2. The van der Waals surface area contributed by atoms with Crippen molar-refractivity contribution in [1.29, 1.82) is 0 Å². The van der Waals surface area contributed by atoms with Crippen LogP contribution in [0.4, 0.5) is 0 Å². The average molecular weight is 284 g/mol. The maximum atomic E-state index is 12.3. The fourth-order valence-electron chi connectivity index (χ4n) is 3.10. The van der Waals surface area contributed by atoms with Crippen molar-refractivity contribution < 1.29 is 9.53 Å². The lowest BCUT2D eigenvalue weighted by Gasteiger charge is -2.39. The fourth-order valence-corrected chi connectivity index (χ4v) is 3.10. The van der Waals surface area contributed by atoms with E-state index in [9.17, 15) is 4.79 Å². The van der Waals surface area contributed by atoms with Crippen molar-refractivity contribution in [1.82, 2.24) is 10.2 Å². The molecule has 0 radical (unpaired) electrons. The third kappa shape index (κ3) is 5.06. The Kier molecular flexibility index (Phi) is 6.96. The Labute approximate surface area is 124 Å². The van der Waals surface area contributed by atoms with Gasteiger partial charge < -0.3 is 9.64 Å². The minimum absolute atomic E-state index is 0.133. The quantitative estimate of drug-likeness (QED) is 0.729. The minimum atomic E-state index is -0.608. The van der Waals surface area contributed by atoms with Crippen LogP contribution < -0.4 is 5.32 Å². The zero-order chi connectivity index (χ0) is 15.2. The molecule has 0 aliphatic carbocycles. The van der Waals surface area contributed by atoms with Crippen molar-refractivity contribution in [3.8, 4) is 0 Å². The highest BCUT2D eigenvalue weighted by atomic mass is 16.5. The average Bonchev–Trinajstić information content (AvgIpc) is 2.39. The Morgan fingerprint density at radius 2 is 1.95 bits per heavy atom. The van der Waals surface area contributed by atoms with Gasteiger partial charge in [-0.25, -0.2) is 0 Å². The molecule has 118 valence electrons. The molecule has 1 aliphatic rings. The summed E-state index contributed by atoms with van der Waals surface area (Å²) in [7, 11) is 0. The van der Waals surface area contributed by atoms with Gasteiger partial charge in [-0.05, 0) is 59.5 Å². The van der Waals surface area contributed by atoms with Crippen molar-refractivity contribution in [2.45, 2.75) is 65.5 Å². The summed E-state index contributed by atoms with van der Waals surface area (Å²) in [5.41, 5.74) is -0.608. The summed E-state index contributed by atoms with van der Waals surface area (Å²) < 4.78 is 5.26. The van der Waals surface area contributed by atoms with E-state index in [1.807, 2.05) is 13.8 Å². The summed E-state index contributed by atoms with van der Waals surface area (Å²) in [5.74, 6) is 0.726. The number of rotatable bonds is 7. The molecule has 1 aliphatic heterocycles. The molecule has 0 spiro atoms. The van der Waals surface area contributed by atoms with Gasteiger partial charge in [0.05, 0.1) is 6.61 Å². The van der Waals surface area contributed by atoms with Crippen LogP contribution in [0.2, 0.25) is 0 Å². The smallest absolute Gasteiger partial charge is 0.327 e. The molecule has 0 aromatic rings. The minimum Gasteiger partial charge on any atom is -0.465 e. The van der Waals surface area contributed by atoms with E-state index in [0.29, 0.717) is 6.61 Å². The number of piperidine rings is 1. The molecule has 1 heterocycles. The van der Waals surface area contributed by atoms with Crippen LogP contribution in [0.1, 0.15) is 53.9 Å². The molecule has 20 heavy (non-hydrogen) atoms. The van der Waals surface area contributed by atoms with Gasteiger partial charge in [0.15, 0.2) is 0 Å². The van der Waals surface area contributed by atoms with E-state index in [2.05, 4.69) is 31.0 Å². The maximum absolute atomic E-state index is 12.3. The van der Waals surface area contributed by atoms with Crippen LogP contribution >= 0.6 is 0 Å². The standard InChI is InChI=1S/C16H32N2O2/c1-6-14-8-10-18(11-9-14)12-16(5,17-13(3)4)15(19)20-7-2/h13-14,17H,6-12H2,1-5H3. The van der Waals surface area contributed by atoms with E-state index in [0.717, 1.165) is 25.6 Å². The van der Waals surface area contributed by atoms with E-state index in [-0.39, 0.29) is 12.0 Å². The Hall–Kier alpha value is -0.610. The molecule has 1 atom stereocenters. The number of ether oxygens (including phenoxy) is 1. The first kappa shape index (κ1) is 17.4. The van der Waals surface area contributed by atoms with Gasteiger partial charge in [-0.1, -0.05) is 13.3 Å². The number of hydrogen-bond donors (Lipinski definition) is 1. The number of esters is 1. The van der Waals surface area contributed by atoms with E-state index in [1.54, 1.807) is 0 Å². The number of carbonyl (C=O) groups excluding carboxylic acids is 1. The van der Waals surface area contributed by atoms with Crippen molar-refractivity contribution in [2.24, 2.45) is 5.92 Å². The van der Waals surface area contributed by atoms with Crippen LogP contribution in [0.15, 0.2) is 0 Å². The van der Waals surface area contributed by atoms with E-state index < -0.39 is 5.54 Å². The predicted octanol–water partition coefficient (Wildman–Crippen LogP) is 2.43. The van der Waals surface area contributed by atoms with Crippen LogP contribution in [0.3, 0.4) is 0 Å². The van der Waals surface area contributed by atoms with Crippen molar-refractivity contribution in [3.63, 3.8) is 0 Å². The van der Waals surface area contributed by atoms with Crippen molar-refractivity contribution in [2.75, 3.05) is 26.2 Å². The van der Waals surface area contributed by atoms with Crippen molar-refractivity contribution in [3.05, 3.63) is 0 Å². The second-order valence-electron chi connectivity index (χ2n) is 6.48. The van der Waals surface area contributed by atoms with Gasteiger partial charge in [0, 0.05) is 12.6 Å². The van der Waals surface area contributed by atoms with Gasteiger partial charge in [0.25, 0.3) is 0 Å².